The highest BCUT2D eigenvalue weighted by Crippen LogP contribution is 2.39. The fourth-order valence-electron chi connectivity index (χ4n) is 5.83. The highest BCUT2D eigenvalue weighted by atomic mass is 16.8. The number of hydrogen-bond donors (Lipinski definition) is 10. The number of likely N-dealkylation sites (N-methyl/N-ethyl adjacent to an activating group) is 1. The van der Waals surface area contributed by atoms with Crippen LogP contribution < -0.4 is 10.6 Å². The van der Waals surface area contributed by atoms with Crippen molar-refractivity contribution in [3.8, 4) is 0 Å². The number of azide groups is 1. The minimum Gasteiger partial charge on any atom is -0.394 e. The molecule has 3 rings (SSSR count). The predicted molar refractivity (Wildman–Crippen MR) is 148 cm³/mol. The van der Waals surface area contributed by atoms with Gasteiger partial charge in [-0.25, -0.2) is 0 Å². The van der Waals surface area contributed by atoms with E-state index in [1.54, 1.807) is 0 Å². The summed E-state index contributed by atoms with van der Waals surface area (Å²) in [6.45, 7) is 0.949. The van der Waals surface area contributed by atoms with Crippen LogP contribution in [0, 0.1) is 0 Å². The fourth-order valence-corrected chi connectivity index (χ4v) is 5.83. The molecule has 2 saturated heterocycles. The maximum atomic E-state index is 12.7. The van der Waals surface area contributed by atoms with Gasteiger partial charge in [0.2, 0.25) is 17.7 Å². The van der Waals surface area contributed by atoms with Crippen molar-refractivity contribution < 1.29 is 74.2 Å². The zero-order valence-corrected chi connectivity index (χ0v) is 25.4. The number of rotatable bonds is 11. The van der Waals surface area contributed by atoms with Gasteiger partial charge >= 0.3 is 0 Å². The van der Waals surface area contributed by atoms with Gasteiger partial charge in [0, 0.05) is 25.8 Å². The summed E-state index contributed by atoms with van der Waals surface area (Å²) in [6, 6.07) is -4.52. The maximum absolute atomic E-state index is 12.7. The molecule has 10 N–H and O–H groups in total. The Kier molecular flexibility index (Phi) is 12.6. The largest absolute Gasteiger partial charge is 0.394 e. The molecule has 0 aromatic heterocycles. The molecule has 12 unspecified atom stereocenters. The van der Waals surface area contributed by atoms with E-state index >= 15 is 0 Å². The lowest BCUT2D eigenvalue weighted by molar-refractivity contribution is -0.326. The lowest BCUT2D eigenvalue weighted by Gasteiger charge is -2.48. The van der Waals surface area contributed by atoms with Crippen LogP contribution in [0.1, 0.15) is 20.8 Å². The molecule has 1 aliphatic carbocycles. The Morgan fingerprint density at radius 3 is 2.07 bits per heavy atom. The number of amides is 3. The van der Waals surface area contributed by atoms with E-state index in [-0.39, 0.29) is 0 Å². The molecule has 21 heteroatoms. The van der Waals surface area contributed by atoms with Gasteiger partial charge in [0.05, 0.1) is 37.5 Å². The van der Waals surface area contributed by atoms with Crippen LogP contribution in [-0.4, -0.2) is 182 Å². The van der Waals surface area contributed by atoms with E-state index in [0.717, 1.165) is 18.7 Å². The number of carbonyl (C=O) groups is 3. The van der Waals surface area contributed by atoms with Crippen molar-refractivity contribution in [2.75, 3.05) is 26.8 Å². The van der Waals surface area contributed by atoms with Crippen LogP contribution in [0.3, 0.4) is 0 Å². The second-order valence-corrected chi connectivity index (χ2v) is 11.5. The molecule has 0 spiro atoms. The molecular formula is C25H42N6O15. The molecule has 0 aromatic rings. The molecule has 0 radical (unpaired) electrons. The van der Waals surface area contributed by atoms with E-state index in [0.29, 0.717) is 0 Å². The summed E-state index contributed by atoms with van der Waals surface area (Å²) >= 11 is 0. The summed E-state index contributed by atoms with van der Waals surface area (Å²) in [5.74, 6) is -2.21. The van der Waals surface area contributed by atoms with E-state index in [9.17, 15) is 55.2 Å². The smallest absolute Gasteiger partial charge is 0.228 e. The molecule has 15 atom stereocenters. The van der Waals surface area contributed by atoms with Crippen LogP contribution >= 0.6 is 0 Å². The summed E-state index contributed by atoms with van der Waals surface area (Å²) < 4.78 is 23.3. The molecule has 21 nitrogen and oxygen atoms in total. The number of aliphatic hydroxyl groups excluding tert-OH is 7. The van der Waals surface area contributed by atoms with Gasteiger partial charge in [0.15, 0.2) is 12.6 Å². The monoisotopic (exact) mass is 666 g/mol. The zero-order chi connectivity index (χ0) is 34.7. The van der Waals surface area contributed by atoms with E-state index in [4.69, 9.17) is 24.5 Å². The number of nitrogens with zero attached hydrogens (tertiary/aromatic N) is 4. The second kappa shape index (κ2) is 15.4. The standard InChI is InChI=1S/C25H42N6O15/c1-8-25(42,7-33)22(46-23-15(31(4)12(36)5-27-30-26)19(40)16(37)11(6-32)44-23)24(43-8)45-21-14(29-10(3)35)17(38)13(28-9(2)34)18(39)20(21)41/h8,11,13-24,32-33,37-42H,5-7H2,1-4H3,(H,28,34)(H,29,35)/t8-,11?,13?,14?,15?,16?,17?,18?,19?,20?,21?,22?,23?,24-,25-/m0/s1. The predicted octanol–water partition coefficient (Wildman–Crippen LogP) is -6.09. The van der Waals surface area contributed by atoms with Crippen LogP contribution in [0.5, 0.6) is 0 Å². The summed E-state index contributed by atoms with van der Waals surface area (Å²) in [7, 11) is 1.17. The molecule has 2 aliphatic heterocycles. The number of nitrogens with one attached hydrogen (secondary N) is 2. The molecule has 0 aromatic carbocycles. The number of hydrogen-bond acceptors (Lipinski definition) is 16. The van der Waals surface area contributed by atoms with Gasteiger partial charge < -0.3 is 75.3 Å². The second-order valence-electron chi connectivity index (χ2n) is 11.5. The van der Waals surface area contributed by atoms with Crippen LogP contribution in [0.25, 0.3) is 10.4 Å². The normalized spacial score (nSPS) is 42.5. The first-order valence-corrected chi connectivity index (χ1v) is 14.3. The third-order valence-electron chi connectivity index (χ3n) is 8.45. The Labute approximate surface area is 262 Å². The lowest BCUT2D eigenvalue weighted by atomic mass is 9.81. The SMILES string of the molecule is CC(=O)NC1C(O)C(O)C(O[C@@H]2O[C@@H](C)[C@@](O)(CO)C2OC2OC(CO)C(O)C(O)C2N(C)C(=O)CN=[N+]=[N-])C(NC(C)=O)C1O. The Hall–Kier alpha value is -2.76. The van der Waals surface area contributed by atoms with Gasteiger partial charge in [0.1, 0.15) is 60.9 Å². The first-order chi connectivity index (χ1) is 21.5. The van der Waals surface area contributed by atoms with Gasteiger partial charge in [-0.15, -0.1) is 0 Å². The van der Waals surface area contributed by atoms with Gasteiger partial charge in [0.25, 0.3) is 0 Å². The highest BCUT2D eigenvalue weighted by molar-refractivity contribution is 5.78. The van der Waals surface area contributed by atoms with Crippen molar-refractivity contribution in [1.82, 2.24) is 15.5 Å². The molecule has 46 heavy (non-hydrogen) atoms. The van der Waals surface area contributed by atoms with Crippen LogP contribution in [0.4, 0.5) is 0 Å². The minimum absolute atomic E-state index is 0.663. The van der Waals surface area contributed by atoms with Crippen molar-refractivity contribution >= 4 is 17.7 Å². The maximum Gasteiger partial charge on any atom is 0.228 e. The van der Waals surface area contributed by atoms with Gasteiger partial charge in [-0.05, 0) is 12.5 Å². The summed E-state index contributed by atoms with van der Waals surface area (Å²) in [5.41, 5.74) is 6.29. The average molecular weight is 667 g/mol. The first kappa shape index (κ1) is 37.7. The first-order valence-electron chi connectivity index (χ1n) is 14.3. The van der Waals surface area contributed by atoms with E-state index < -0.39 is 129 Å². The van der Waals surface area contributed by atoms with Gasteiger partial charge in [-0.1, -0.05) is 5.11 Å². The molecule has 3 fully saturated rings. The van der Waals surface area contributed by atoms with Gasteiger partial charge in [-0.3, -0.25) is 14.4 Å². The number of ether oxygens (including phenoxy) is 4. The molecule has 262 valence electrons. The molecule has 0 bridgehead atoms. The average Bonchev–Trinajstić information content (AvgIpc) is 3.24. The zero-order valence-electron chi connectivity index (χ0n) is 25.4. The molecule has 2 heterocycles. The van der Waals surface area contributed by atoms with Crippen LogP contribution in [0.15, 0.2) is 5.11 Å². The molecule has 1 saturated carbocycles. The molecule has 3 amide bonds. The van der Waals surface area contributed by atoms with Crippen molar-refractivity contribution in [1.29, 1.82) is 0 Å². The van der Waals surface area contributed by atoms with E-state index in [1.807, 2.05) is 0 Å². The number of aliphatic hydroxyl groups is 8. The summed E-state index contributed by atoms with van der Waals surface area (Å²) in [5, 5.41) is 93.6. The Balaban J connectivity index is 2.00. The van der Waals surface area contributed by atoms with Crippen LogP contribution in [-0.2, 0) is 33.3 Å². The van der Waals surface area contributed by atoms with Crippen molar-refractivity contribution in [2.24, 2.45) is 5.11 Å². The Morgan fingerprint density at radius 1 is 0.913 bits per heavy atom. The summed E-state index contributed by atoms with van der Waals surface area (Å²) in [6.07, 6.45) is -18.9. The number of carbonyl (C=O) groups excluding carboxylic acids is 3. The van der Waals surface area contributed by atoms with Crippen molar-refractivity contribution in [3.63, 3.8) is 0 Å². The van der Waals surface area contributed by atoms with Crippen LogP contribution in [0.2, 0.25) is 0 Å². The third kappa shape index (κ3) is 7.52. The topological polar surface area (TPSA) is 326 Å². The lowest BCUT2D eigenvalue weighted by Crippen LogP contribution is -2.72. The summed E-state index contributed by atoms with van der Waals surface area (Å²) in [4.78, 5) is 39.8. The Morgan fingerprint density at radius 2 is 1.52 bits per heavy atom. The van der Waals surface area contributed by atoms with Crippen molar-refractivity contribution in [3.05, 3.63) is 10.4 Å². The highest BCUT2D eigenvalue weighted by Gasteiger charge is 2.61. The van der Waals surface area contributed by atoms with Gasteiger partial charge in [-0.2, -0.15) is 0 Å². The van der Waals surface area contributed by atoms with E-state index in [1.165, 1.54) is 14.0 Å². The van der Waals surface area contributed by atoms with Crippen molar-refractivity contribution in [2.45, 2.75) is 112 Å². The quantitative estimate of drug-likeness (QED) is 0.0557. The third-order valence-corrected chi connectivity index (χ3v) is 8.45. The minimum atomic E-state index is -2.32. The Bertz CT molecular complexity index is 1150. The fraction of sp³-hybridized carbons (Fsp3) is 0.880. The van der Waals surface area contributed by atoms with E-state index in [2.05, 4.69) is 20.7 Å². The molecular weight excluding hydrogens is 624 g/mol. The molecule has 3 aliphatic rings.